The predicted molar refractivity (Wildman–Crippen MR) is 47.1 cm³/mol. The van der Waals surface area contributed by atoms with Crippen molar-refractivity contribution in [1.29, 1.82) is 0 Å². The Morgan fingerprint density at radius 3 is 2.88 bits per heavy atom. The van der Waals surface area contributed by atoms with Crippen LogP contribution < -0.4 is 0 Å². The molecule has 0 aliphatic carbocycles. The van der Waals surface area contributed by atoms with Crippen LogP contribution in [0.4, 0.5) is 0 Å². The van der Waals surface area contributed by atoms with Crippen molar-refractivity contribution in [3.63, 3.8) is 0 Å². The van der Waals surface area contributed by atoms with Gasteiger partial charge in [-0.1, -0.05) is 12.2 Å². The van der Waals surface area contributed by atoms with E-state index in [0.717, 1.165) is 16.9 Å². The molecule has 0 spiro atoms. The zero-order chi connectivity index (χ0) is 6.41. The molecule has 0 aromatic heterocycles. The Labute approximate surface area is 60.7 Å². The molecule has 0 heterocycles. The fraction of sp³-hybridized carbons (Fsp3) is 0.750. The SMILES string of the molecule is C[SiH](CCC=S)O[SiH3]. The summed E-state index contributed by atoms with van der Waals surface area (Å²) in [5.41, 5.74) is 0. The summed E-state index contributed by atoms with van der Waals surface area (Å²) in [4.78, 5) is 0. The molecule has 4 heteroatoms. The second-order valence-electron chi connectivity index (χ2n) is 1.79. The summed E-state index contributed by atoms with van der Waals surface area (Å²) < 4.78 is 5.26. The van der Waals surface area contributed by atoms with Gasteiger partial charge in [0.05, 0.1) is 0 Å². The normalized spacial score (nSPS) is 13.6. The van der Waals surface area contributed by atoms with Crippen LogP contribution in [0.3, 0.4) is 0 Å². The van der Waals surface area contributed by atoms with Crippen molar-refractivity contribution in [2.24, 2.45) is 0 Å². The predicted octanol–water partition coefficient (Wildman–Crippen LogP) is 0.0268. The molecule has 8 heavy (non-hydrogen) atoms. The monoisotopic (exact) mass is 164 g/mol. The zero-order valence-electron chi connectivity index (χ0n) is 5.39. The molecule has 0 aliphatic rings. The van der Waals surface area contributed by atoms with E-state index in [1.54, 1.807) is 5.37 Å². The number of thiocarbonyl (C=S) groups is 1. The van der Waals surface area contributed by atoms with Crippen LogP contribution in [0.25, 0.3) is 0 Å². The molecule has 0 aromatic carbocycles. The first-order chi connectivity index (χ1) is 3.81. The Kier molecular flexibility index (Phi) is 5.96. The summed E-state index contributed by atoms with van der Waals surface area (Å²) >= 11 is 4.67. The molecule has 48 valence electrons. The summed E-state index contributed by atoms with van der Waals surface area (Å²) in [6.45, 7) is 2.21. The van der Waals surface area contributed by atoms with Crippen LogP contribution in [0.15, 0.2) is 0 Å². The molecule has 0 radical (unpaired) electrons. The average molecular weight is 164 g/mol. The highest BCUT2D eigenvalue weighted by Crippen LogP contribution is 1.94. The molecule has 0 amide bonds. The van der Waals surface area contributed by atoms with Gasteiger partial charge in [0.25, 0.3) is 0 Å². The lowest BCUT2D eigenvalue weighted by molar-refractivity contribution is 0.636. The smallest absolute Gasteiger partial charge is 0.159 e. The lowest BCUT2D eigenvalue weighted by atomic mass is 10.6. The Hall–Kier alpha value is 0.484. The van der Waals surface area contributed by atoms with Gasteiger partial charge in [-0.05, 0) is 24.4 Å². The van der Waals surface area contributed by atoms with E-state index in [4.69, 9.17) is 4.12 Å². The van der Waals surface area contributed by atoms with Crippen molar-refractivity contribution in [3.05, 3.63) is 0 Å². The largest absolute Gasteiger partial charge is 0.466 e. The summed E-state index contributed by atoms with van der Waals surface area (Å²) in [5, 5.41) is 1.80. The molecule has 0 saturated carbocycles. The molecule has 0 fully saturated rings. The van der Waals surface area contributed by atoms with Gasteiger partial charge >= 0.3 is 0 Å². The van der Waals surface area contributed by atoms with Gasteiger partial charge in [-0.3, -0.25) is 0 Å². The summed E-state index contributed by atoms with van der Waals surface area (Å²) in [6, 6.07) is 1.22. The Bertz CT molecular complexity index is 69.1. The molecule has 0 aromatic rings. The molecule has 0 bridgehead atoms. The van der Waals surface area contributed by atoms with E-state index in [9.17, 15) is 0 Å². The highest BCUT2D eigenvalue weighted by molar-refractivity contribution is 7.78. The van der Waals surface area contributed by atoms with Crippen LogP contribution in [-0.4, -0.2) is 24.9 Å². The third kappa shape index (κ3) is 4.64. The lowest BCUT2D eigenvalue weighted by Crippen LogP contribution is -2.09. The second kappa shape index (κ2) is 5.62. The fourth-order valence-corrected chi connectivity index (χ4v) is 2.38. The maximum absolute atomic E-state index is 5.26. The van der Waals surface area contributed by atoms with Gasteiger partial charge in [0.2, 0.25) is 0 Å². The van der Waals surface area contributed by atoms with Gasteiger partial charge < -0.3 is 4.12 Å². The molecule has 0 N–H and O–H groups in total. The molecular formula is C4H12OSSi2. The molecule has 1 unspecified atom stereocenters. The molecule has 0 aliphatic heterocycles. The standard InChI is InChI=1S/C4H12OSSi2/c1-8(5-7)4-2-3-6/h3,8H,2,4H2,1,7H3. The topological polar surface area (TPSA) is 9.23 Å². The van der Waals surface area contributed by atoms with Crippen LogP contribution in [0.5, 0.6) is 0 Å². The van der Waals surface area contributed by atoms with Crippen molar-refractivity contribution in [2.45, 2.75) is 19.0 Å². The van der Waals surface area contributed by atoms with Crippen LogP contribution in [-0.2, 0) is 4.12 Å². The zero-order valence-corrected chi connectivity index (χ0v) is 9.36. The van der Waals surface area contributed by atoms with Gasteiger partial charge in [0.1, 0.15) is 10.5 Å². The van der Waals surface area contributed by atoms with E-state index < -0.39 is 9.04 Å². The van der Waals surface area contributed by atoms with E-state index in [2.05, 4.69) is 18.8 Å². The number of hydrogen-bond acceptors (Lipinski definition) is 2. The minimum absolute atomic E-state index is 0.735. The highest BCUT2D eigenvalue weighted by atomic mass is 32.1. The van der Waals surface area contributed by atoms with Crippen LogP contribution in [0.2, 0.25) is 12.6 Å². The Balaban J connectivity index is 2.97. The third-order valence-electron chi connectivity index (χ3n) is 1.09. The third-order valence-corrected chi connectivity index (χ3v) is 5.69. The van der Waals surface area contributed by atoms with E-state index >= 15 is 0 Å². The Morgan fingerprint density at radius 2 is 2.50 bits per heavy atom. The lowest BCUT2D eigenvalue weighted by Gasteiger charge is -2.03. The van der Waals surface area contributed by atoms with Crippen molar-refractivity contribution < 1.29 is 4.12 Å². The quantitative estimate of drug-likeness (QED) is 0.428. The summed E-state index contributed by atoms with van der Waals surface area (Å²) in [6.07, 6.45) is 1.06. The van der Waals surface area contributed by atoms with Gasteiger partial charge in [-0.15, -0.1) is 0 Å². The first-order valence-corrected chi connectivity index (χ1v) is 6.50. The summed E-state index contributed by atoms with van der Waals surface area (Å²) in [7, 11) is 0.168. The van der Waals surface area contributed by atoms with E-state index in [0.29, 0.717) is 0 Å². The molecule has 0 saturated heterocycles. The maximum atomic E-state index is 5.26. The van der Waals surface area contributed by atoms with Crippen molar-refractivity contribution in [2.75, 3.05) is 0 Å². The molecule has 1 atom stereocenters. The second-order valence-corrected chi connectivity index (χ2v) is 6.21. The van der Waals surface area contributed by atoms with Gasteiger partial charge in [-0.2, -0.15) is 0 Å². The van der Waals surface area contributed by atoms with Crippen molar-refractivity contribution in [3.8, 4) is 0 Å². The van der Waals surface area contributed by atoms with Crippen LogP contribution >= 0.6 is 12.2 Å². The van der Waals surface area contributed by atoms with Gasteiger partial charge in [-0.25, -0.2) is 0 Å². The summed E-state index contributed by atoms with van der Waals surface area (Å²) in [5.74, 6) is 0. The van der Waals surface area contributed by atoms with E-state index in [1.807, 2.05) is 0 Å². The van der Waals surface area contributed by atoms with Crippen LogP contribution in [0, 0.1) is 0 Å². The number of rotatable bonds is 4. The molecular weight excluding hydrogens is 152 g/mol. The maximum Gasteiger partial charge on any atom is 0.159 e. The first-order valence-electron chi connectivity index (χ1n) is 2.77. The minimum Gasteiger partial charge on any atom is -0.466 e. The highest BCUT2D eigenvalue weighted by Gasteiger charge is 1.97. The van der Waals surface area contributed by atoms with Gasteiger partial charge in [0.15, 0.2) is 9.04 Å². The van der Waals surface area contributed by atoms with Crippen molar-refractivity contribution >= 4 is 37.1 Å². The first kappa shape index (κ1) is 8.48. The van der Waals surface area contributed by atoms with Gasteiger partial charge in [0, 0.05) is 0 Å². The molecule has 0 rings (SSSR count). The molecule has 1 nitrogen and oxygen atoms in total. The number of hydrogen-bond donors (Lipinski definition) is 0. The fourth-order valence-electron chi connectivity index (χ4n) is 0.421. The van der Waals surface area contributed by atoms with Crippen molar-refractivity contribution in [1.82, 2.24) is 0 Å². The minimum atomic E-state index is -0.735. The van der Waals surface area contributed by atoms with E-state index in [-0.39, 0.29) is 0 Å². The Morgan fingerprint density at radius 1 is 1.88 bits per heavy atom. The van der Waals surface area contributed by atoms with Crippen LogP contribution in [0.1, 0.15) is 6.42 Å². The van der Waals surface area contributed by atoms with E-state index in [1.165, 1.54) is 6.04 Å². The average Bonchev–Trinajstić information content (AvgIpc) is 1.83.